The lowest BCUT2D eigenvalue weighted by Gasteiger charge is -2.20. The van der Waals surface area contributed by atoms with E-state index in [1.807, 2.05) is 42.5 Å². The van der Waals surface area contributed by atoms with Gasteiger partial charge in [0.1, 0.15) is 6.04 Å². The first-order valence-corrected chi connectivity index (χ1v) is 8.71. The fourth-order valence-corrected chi connectivity index (χ4v) is 3.61. The van der Waals surface area contributed by atoms with Crippen LogP contribution in [-0.2, 0) is 9.53 Å². The molecule has 5 heteroatoms. The second-order valence-corrected chi connectivity index (χ2v) is 6.57. The van der Waals surface area contributed by atoms with Crippen LogP contribution in [0.15, 0.2) is 61.2 Å². The Hall–Kier alpha value is -2.92. The van der Waals surface area contributed by atoms with Gasteiger partial charge in [-0.2, -0.15) is 0 Å². The van der Waals surface area contributed by atoms with E-state index in [0.29, 0.717) is 30.8 Å². The van der Waals surface area contributed by atoms with Crippen molar-refractivity contribution in [2.45, 2.75) is 18.6 Å². The molecule has 26 heavy (non-hydrogen) atoms. The van der Waals surface area contributed by atoms with E-state index in [0.717, 1.165) is 11.1 Å². The van der Waals surface area contributed by atoms with Crippen LogP contribution in [0.4, 0.5) is 5.69 Å². The molecule has 0 radical (unpaired) electrons. The Morgan fingerprint density at radius 3 is 2.73 bits per heavy atom. The highest BCUT2D eigenvalue weighted by Gasteiger charge is 2.43. The molecular formula is C21H20N2O3. The first-order chi connectivity index (χ1) is 12.7. The molecule has 1 fully saturated rings. The summed E-state index contributed by atoms with van der Waals surface area (Å²) in [7, 11) is 0. The van der Waals surface area contributed by atoms with Gasteiger partial charge in [0.2, 0.25) is 5.91 Å². The number of ether oxygens (including phenoxy) is 1. The Morgan fingerprint density at radius 1 is 1.15 bits per heavy atom. The van der Waals surface area contributed by atoms with Crippen LogP contribution < -0.4 is 5.32 Å². The van der Waals surface area contributed by atoms with Gasteiger partial charge in [0.05, 0.1) is 24.0 Å². The lowest BCUT2D eigenvalue weighted by atomic mass is 10.0. The summed E-state index contributed by atoms with van der Waals surface area (Å²) >= 11 is 0. The number of carbonyl (C=O) groups excluding carboxylic acids is 2. The molecule has 0 saturated carbocycles. The number of hydrogen-bond donors (Lipinski definition) is 1. The SMILES string of the molecule is C=CCO[C@@H]1C[C@H]2C(=O)Nc3ccc(-c4ccccc4)cc3C(=O)N2C1. The summed E-state index contributed by atoms with van der Waals surface area (Å²) in [5.41, 5.74) is 3.07. The van der Waals surface area contributed by atoms with Crippen molar-refractivity contribution in [3.8, 4) is 11.1 Å². The molecule has 2 aliphatic rings. The summed E-state index contributed by atoms with van der Waals surface area (Å²) in [6, 6.07) is 15.0. The zero-order valence-electron chi connectivity index (χ0n) is 14.4. The third-order valence-electron chi connectivity index (χ3n) is 4.89. The number of nitrogens with one attached hydrogen (secondary N) is 1. The van der Waals surface area contributed by atoms with Crippen molar-refractivity contribution < 1.29 is 14.3 Å². The fraction of sp³-hybridized carbons (Fsp3) is 0.238. The molecule has 2 heterocycles. The molecule has 0 unspecified atom stereocenters. The average molecular weight is 348 g/mol. The lowest BCUT2D eigenvalue weighted by molar-refractivity contribution is -0.119. The van der Waals surface area contributed by atoms with E-state index in [2.05, 4.69) is 11.9 Å². The molecule has 0 spiro atoms. The zero-order valence-corrected chi connectivity index (χ0v) is 14.4. The average Bonchev–Trinajstić information content (AvgIpc) is 3.07. The normalized spacial score (nSPS) is 21.6. The summed E-state index contributed by atoms with van der Waals surface area (Å²) in [6.07, 6.45) is 2.03. The molecule has 0 bridgehead atoms. The van der Waals surface area contributed by atoms with Gasteiger partial charge in [0, 0.05) is 13.0 Å². The van der Waals surface area contributed by atoms with Gasteiger partial charge in [-0.3, -0.25) is 9.59 Å². The number of hydrogen-bond acceptors (Lipinski definition) is 3. The minimum absolute atomic E-state index is 0.133. The summed E-state index contributed by atoms with van der Waals surface area (Å²) in [6.45, 7) is 4.47. The molecule has 132 valence electrons. The Balaban J connectivity index is 1.68. The molecule has 4 rings (SSSR count). The largest absolute Gasteiger partial charge is 0.372 e. The van der Waals surface area contributed by atoms with Crippen LogP contribution in [0.5, 0.6) is 0 Å². The molecule has 0 aliphatic carbocycles. The summed E-state index contributed by atoms with van der Waals surface area (Å²) in [5, 5.41) is 2.90. The zero-order chi connectivity index (χ0) is 18.1. The molecule has 1 N–H and O–H groups in total. The van der Waals surface area contributed by atoms with Gasteiger partial charge in [-0.25, -0.2) is 0 Å². The van der Waals surface area contributed by atoms with Crippen molar-refractivity contribution in [1.82, 2.24) is 4.90 Å². The molecule has 2 aromatic rings. The van der Waals surface area contributed by atoms with Crippen LogP contribution in [0, 0.1) is 0 Å². The van der Waals surface area contributed by atoms with E-state index in [1.165, 1.54) is 0 Å². The van der Waals surface area contributed by atoms with Gasteiger partial charge >= 0.3 is 0 Å². The highest BCUT2D eigenvalue weighted by molar-refractivity contribution is 6.10. The maximum absolute atomic E-state index is 13.1. The van der Waals surface area contributed by atoms with E-state index in [-0.39, 0.29) is 17.9 Å². The highest BCUT2D eigenvalue weighted by Crippen LogP contribution is 2.32. The van der Waals surface area contributed by atoms with Crippen LogP contribution in [0.25, 0.3) is 11.1 Å². The number of nitrogens with zero attached hydrogens (tertiary/aromatic N) is 1. The van der Waals surface area contributed by atoms with Gasteiger partial charge in [-0.05, 0) is 23.3 Å². The standard InChI is InChI=1S/C21H20N2O3/c1-2-10-26-16-12-19-20(24)22-18-9-8-15(14-6-4-3-5-7-14)11-17(18)21(25)23(19)13-16/h2-9,11,16,19H,1,10,12-13H2,(H,22,24)/t16-,19+/m1/s1. The number of rotatable bonds is 4. The first kappa shape index (κ1) is 16.5. The molecular weight excluding hydrogens is 328 g/mol. The molecule has 2 amide bonds. The Labute approximate surface area is 152 Å². The van der Waals surface area contributed by atoms with Crippen LogP contribution >= 0.6 is 0 Å². The second-order valence-electron chi connectivity index (χ2n) is 6.57. The van der Waals surface area contributed by atoms with Crippen molar-refractivity contribution in [2.24, 2.45) is 0 Å². The molecule has 0 aromatic heterocycles. The van der Waals surface area contributed by atoms with Crippen molar-refractivity contribution in [1.29, 1.82) is 0 Å². The van der Waals surface area contributed by atoms with Crippen molar-refractivity contribution in [3.63, 3.8) is 0 Å². The van der Waals surface area contributed by atoms with Gasteiger partial charge in [0.25, 0.3) is 5.91 Å². The Kier molecular flexibility index (Phi) is 4.31. The number of amides is 2. The second kappa shape index (κ2) is 6.77. The maximum atomic E-state index is 13.1. The van der Waals surface area contributed by atoms with Gasteiger partial charge in [0.15, 0.2) is 0 Å². The first-order valence-electron chi connectivity index (χ1n) is 8.71. The van der Waals surface area contributed by atoms with E-state index >= 15 is 0 Å². The van der Waals surface area contributed by atoms with Gasteiger partial charge < -0.3 is 15.0 Å². The molecule has 1 saturated heterocycles. The van der Waals surface area contributed by atoms with Crippen LogP contribution in [0.3, 0.4) is 0 Å². The van der Waals surface area contributed by atoms with Crippen LogP contribution in [0.2, 0.25) is 0 Å². The highest BCUT2D eigenvalue weighted by atomic mass is 16.5. The third-order valence-corrected chi connectivity index (χ3v) is 4.89. The maximum Gasteiger partial charge on any atom is 0.256 e. The van der Waals surface area contributed by atoms with E-state index in [9.17, 15) is 9.59 Å². The number of fused-ring (bicyclic) bond motifs is 2. The predicted molar refractivity (Wildman–Crippen MR) is 99.9 cm³/mol. The molecule has 5 nitrogen and oxygen atoms in total. The number of anilines is 1. The van der Waals surface area contributed by atoms with Crippen molar-refractivity contribution in [2.75, 3.05) is 18.5 Å². The van der Waals surface area contributed by atoms with E-state index < -0.39 is 6.04 Å². The number of benzene rings is 2. The van der Waals surface area contributed by atoms with E-state index in [4.69, 9.17) is 4.74 Å². The monoisotopic (exact) mass is 348 g/mol. The predicted octanol–water partition coefficient (Wildman–Crippen LogP) is 3.09. The summed E-state index contributed by atoms with van der Waals surface area (Å²) in [5.74, 6) is -0.292. The number of carbonyl (C=O) groups is 2. The van der Waals surface area contributed by atoms with Gasteiger partial charge in [-0.15, -0.1) is 6.58 Å². The van der Waals surface area contributed by atoms with Crippen molar-refractivity contribution in [3.05, 3.63) is 66.7 Å². The molecule has 2 aliphatic heterocycles. The molecule has 2 atom stereocenters. The minimum atomic E-state index is -0.495. The minimum Gasteiger partial charge on any atom is -0.372 e. The Morgan fingerprint density at radius 2 is 1.96 bits per heavy atom. The third kappa shape index (κ3) is 2.91. The molecule has 2 aromatic carbocycles. The quantitative estimate of drug-likeness (QED) is 0.864. The smallest absolute Gasteiger partial charge is 0.256 e. The fourth-order valence-electron chi connectivity index (χ4n) is 3.61. The van der Waals surface area contributed by atoms with Gasteiger partial charge in [-0.1, -0.05) is 42.5 Å². The van der Waals surface area contributed by atoms with Crippen LogP contribution in [-0.4, -0.2) is 42.0 Å². The summed E-state index contributed by atoms with van der Waals surface area (Å²) < 4.78 is 5.67. The van der Waals surface area contributed by atoms with E-state index in [1.54, 1.807) is 17.0 Å². The topological polar surface area (TPSA) is 58.6 Å². The van der Waals surface area contributed by atoms with Crippen LogP contribution in [0.1, 0.15) is 16.8 Å². The van der Waals surface area contributed by atoms with Crippen molar-refractivity contribution >= 4 is 17.5 Å². The lowest BCUT2D eigenvalue weighted by Crippen LogP contribution is -2.40. The Bertz CT molecular complexity index is 863. The summed E-state index contributed by atoms with van der Waals surface area (Å²) in [4.78, 5) is 27.4.